The highest BCUT2D eigenvalue weighted by molar-refractivity contribution is 5.82. The number of hydrogen-bond acceptors (Lipinski definition) is 3. The van der Waals surface area contributed by atoms with Gasteiger partial charge in [0, 0.05) is 0 Å². The molecule has 0 aromatic carbocycles. The Hall–Kier alpha value is -0.610. The van der Waals surface area contributed by atoms with E-state index in [1.807, 2.05) is 0 Å². The molecule has 4 rings (SSSR count). The highest BCUT2D eigenvalue weighted by Gasteiger charge is 2.59. The minimum absolute atomic E-state index is 0.0602. The standard InChI is InChI=1S/C11H18N2O2/c12-13-9(14)10-2-7-1-8(3-10)5-11(15,4-7)6-10/h7-8,15H,1-6,12H2,(H,13,14)/t7-,8-,10?,11?/m0/s1. The lowest BCUT2D eigenvalue weighted by atomic mass is 9.47. The van der Waals surface area contributed by atoms with E-state index in [0.29, 0.717) is 18.3 Å². The van der Waals surface area contributed by atoms with E-state index < -0.39 is 5.60 Å². The van der Waals surface area contributed by atoms with Crippen LogP contribution in [0, 0.1) is 17.3 Å². The molecule has 4 N–H and O–H groups in total. The van der Waals surface area contributed by atoms with Gasteiger partial charge in [0.2, 0.25) is 5.91 Å². The lowest BCUT2D eigenvalue weighted by molar-refractivity contribution is -0.178. The van der Waals surface area contributed by atoms with Crippen molar-refractivity contribution in [2.24, 2.45) is 23.1 Å². The van der Waals surface area contributed by atoms with Gasteiger partial charge < -0.3 is 5.11 Å². The van der Waals surface area contributed by atoms with E-state index in [1.54, 1.807) is 0 Å². The highest BCUT2D eigenvalue weighted by atomic mass is 16.3. The van der Waals surface area contributed by atoms with Gasteiger partial charge in [-0.25, -0.2) is 5.84 Å². The Balaban J connectivity index is 1.96. The van der Waals surface area contributed by atoms with Gasteiger partial charge >= 0.3 is 0 Å². The average molecular weight is 210 g/mol. The first kappa shape index (κ1) is 9.60. The summed E-state index contributed by atoms with van der Waals surface area (Å²) in [7, 11) is 0. The molecular weight excluding hydrogens is 192 g/mol. The Morgan fingerprint density at radius 1 is 1.27 bits per heavy atom. The molecule has 4 bridgehead atoms. The van der Waals surface area contributed by atoms with Crippen molar-refractivity contribution in [2.45, 2.75) is 44.1 Å². The summed E-state index contributed by atoms with van der Waals surface area (Å²) in [6.45, 7) is 0. The van der Waals surface area contributed by atoms with Crippen molar-refractivity contribution in [2.75, 3.05) is 0 Å². The van der Waals surface area contributed by atoms with Gasteiger partial charge in [-0.1, -0.05) is 0 Å². The number of hydrazine groups is 1. The van der Waals surface area contributed by atoms with Gasteiger partial charge in [-0.05, 0) is 50.4 Å². The summed E-state index contributed by atoms with van der Waals surface area (Å²) in [5.41, 5.74) is 1.36. The molecule has 15 heavy (non-hydrogen) atoms. The van der Waals surface area contributed by atoms with E-state index in [2.05, 4.69) is 5.43 Å². The molecule has 4 nitrogen and oxygen atoms in total. The Labute approximate surface area is 89.2 Å². The largest absolute Gasteiger partial charge is 0.390 e. The van der Waals surface area contributed by atoms with Crippen molar-refractivity contribution >= 4 is 5.91 Å². The van der Waals surface area contributed by atoms with Crippen molar-refractivity contribution in [3.05, 3.63) is 0 Å². The lowest BCUT2D eigenvalue weighted by Gasteiger charge is -2.59. The summed E-state index contributed by atoms with van der Waals surface area (Å²) < 4.78 is 0. The van der Waals surface area contributed by atoms with Crippen molar-refractivity contribution in [3.63, 3.8) is 0 Å². The lowest BCUT2D eigenvalue weighted by Crippen LogP contribution is -2.61. The number of rotatable bonds is 1. The van der Waals surface area contributed by atoms with Gasteiger partial charge in [-0.15, -0.1) is 0 Å². The molecule has 0 unspecified atom stereocenters. The third kappa shape index (κ3) is 1.24. The Kier molecular flexibility index (Phi) is 1.75. The topological polar surface area (TPSA) is 75.3 Å². The van der Waals surface area contributed by atoms with E-state index >= 15 is 0 Å². The maximum Gasteiger partial charge on any atom is 0.240 e. The van der Waals surface area contributed by atoms with Crippen LogP contribution in [0.5, 0.6) is 0 Å². The van der Waals surface area contributed by atoms with Gasteiger partial charge in [-0.2, -0.15) is 0 Å². The maximum absolute atomic E-state index is 11.9. The van der Waals surface area contributed by atoms with Gasteiger partial charge in [-0.3, -0.25) is 10.2 Å². The molecule has 0 aromatic rings. The molecule has 1 amide bonds. The van der Waals surface area contributed by atoms with Crippen LogP contribution in [0.15, 0.2) is 0 Å². The van der Waals surface area contributed by atoms with Crippen LogP contribution in [0.1, 0.15) is 38.5 Å². The Bertz CT molecular complexity index is 302. The number of hydrogen-bond donors (Lipinski definition) is 3. The molecule has 0 radical (unpaired) electrons. The quantitative estimate of drug-likeness (QED) is 0.331. The summed E-state index contributed by atoms with van der Waals surface area (Å²) in [6.07, 6.45) is 5.45. The molecule has 0 saturated heterocycles. The van der Waals surface area contributed by atoms with E-state index in [1.165, 1.54) is 6.42 Å². The fourth-order valence-corrected chi connectivity index (χ4v) is 4.63. The van der Waals surface area contributed by atoms with Gasteiger partial charge in [0.25, 0.3) is 0 Å². The highest BCUT2D eigenvalue weighted by Crippen LogP contribution is 2.61. The third-order valence-electron chi connectivity index (χ3n) is 4.64. The number of carbonyl (C=O) groups excluding carboxylic acids is 1. The number of carbonyl (C=O) groups is 1. The van der Waals surface area contributed by atoms with Crippen LogP contribution in [0.4, 0.5) is 0 Å². The number of nitrogens with two attached hydrogens (primary N) is 1. The molecule has 0 aromatic heterocycles. The second kappa shape index (κ2) is 2.74. The molecular formula is C11H18N2O2. The normalized spacial score (nSPS) is 51.9. The Morgan fingerprint density at radius 2 is 1.87 bits per heavy atom. The monoisotopic (exact) mass is 210 g/mol. The van der Waals surface area contributed by atoms with E-state index in [-0.39, 0.29) is 11.3 Å². The summed E-state index contributed by atoms with van der Waals surface area (Å²) in [4.78, 5) is 11.9. The minimum Gasteiger partial charge on any atom is -0.390 e. The first-order valence-electron chi connectivity index (χ1n) is 5.79. The molecule has 4 fully saturated rings. The average Bonchev–Trinajstić information content (AvgIpc) is 2.12. The number of nitrogens with one attached hydrogen (secondary N) is 1. The van der Waals surface area contributed by atoms with Crippen LogP contribution in [-0.2, 0) is 4.79 Å². The second-order valence-corrected chi connectivity index (χ2v) is 5.94. The van der Waals surface area contributed by atoms with Gasteiger partial charge in [0.15, 0.2) is 0 Å². The van der Waals surface area contributed by atoms with Crippen LogP contribution in [0.25, 0.3) is 0 Å². The van der Waals surface area contributed by atoms with Crippen molar-refractivity contribution in [1.29, 1.82) is 0 Å². The zero-order valence-electron chi connectivity index (χ0n) is 8.83. The summed E-state index contributed by atoms with van der Waals surface area (Å²) in [6, 6.07) is 0. The smallest absolute Gasteiger partial charge is 0.240 e. The van der Waals surface area contributed by atoms with Crippen molar-refractivity contribution in [3.8, 4) is 0 Å². The van der Waals surface area contributed by atoms with Gasteiger partial charge in [0.1, 0.15) is 0 Å². The predicted octanol–water partition coefficient (Wildman–Crippen LogP) is 0.308. The number of aliphatic hydroxyl groups is 1. The first-order chi connectivity index (χ1) is 7.05. The summed E-state index contributed by atoms with van der Waals surface area (Å²) >= 11 is 0. The van der Waals surface area contributed by atoms with Crippen LogP contribution >= 0.6 is 0 Å². The van der Waals surface area contributed by atoms with Crippen LogP contribution in [0.2, 0.25) is 0 Å². The molecule has 4 saturated carbocycles. The third-order valence-corrected chi connectivity index (χ3v) is 4.64. The summed E-state index contributed by atoms with van der Waals surface area (Å²) in [5, 5.41) is 10.4. The minimum atomic E-state index is -0.573. The summed E-state index contributed by atoms with van der Waals surface area (Å²) in [5.74, 6) is 6.27. The van der Waals surface area contributed by atoms with E-state index in [4.69, 9.17) is 5.84 Å². The molecule has 0 heterocycles. The van der Waals surface area contributed by atoms with Gasteiger partial charge in [0.05, 0.1) is 11.0 Å². The van der Waals surface area contributed by atoms with E-state index in [0.717, 1.165) is 25.7 Å². The molecule has 84 valence electrons. The molecule has 4 aliphatic rings. The zero-order valence-corrected chi connectivity index (χ0v) is 8.83. The van der Waals surface area contributed by atoms with Crippen molar-refractivity contribution < 1.29 is 9.90 Å². The zero-order chi connectivity index (χ0) is 10.7. The first-order valence-corrected chi connectivity index (χ1v) is 5.79. The molecule has 2 atom stereocenters. The van der Waals surface area contributed by atoms with E-state index in [9.17, 15) is 9.90 Å². The Morgan fingerprint density at radius 3 is 2.33 bits per heavy atom. The second-order valence-electron chi connectivity index (χ2n) is 5.94. The fraction of sp³-hybridized carbons (Fsp3) is 0.909. The number of amides is 1. The molecule has 0 aliphatic heterocycles. The molecule has 4 aliphatic carbocycles. The van der Waals surface area contributed by atoms with Crippen LogP contribution < -0.4 is 11.3 Å². The fourth-order valence-electron chi connectivity index (χ4n) is 4.63. The van der Waals surface area contributed by atoms with Crippen LogP contribution in [0.3, 0.4) is 0 Å². The molecule has 4 heteroatoms. The maximum atomic E-state index is 11.9. The molecule has 0 spiro atoms. The predicted molar refractivity (Wildman–Crippen MR) is 54.4 cm³/mol. The van der Waals surface area contributed by atoms with Crippen molar-refractivity contribution in [1.82, 2.24) is 5.43 Å². The SMILES string of the molecule is NNC(=O)C12C[C@@H]3C[C@H](CC(O)(C3)C1)C2. The van der Waals surface area contributed by atoms with Crippen LogP contribution in [-0.4, -0.2) is 16.6 Å².